The second kappa shape index (κ2) is 7.04. The maximum absolute atomic E-state index is 12.3. The molecule has 0 unspecified atom stereocenters. The third-order valence-electron chi connectivity index (χ3n) is 3.32. The third-order valence-corrected chi connectivity index (χ3v) is 4.28. The number of nitrogens with one attached hydrogen (secondary N) is 1. The molecule has 1 heterocycles. The van der Waals surface area contributed by atoms with Crippen LogP contribution in [0.25, 0.3) is 0 Å². The minimum atomic E-state index is -0.409. The monoisotopic (exact) mass is 346 g/mol. The highest BCUT2D eigenvalue weighted by atomic mass is 32.2. The molecule has 0 saturated heterocycles. The fraction of sp³-hybridized carbons (Fsp3) is 0.375. The van der Waals surface area contributed by atoms with E-state index in [4.69, 9.17) is 11.5 Å². The van der Waals surface area contributed by atoms with Crippen LogP contribution in [-0.2, 0) is 10.2 Å². The van der Waals surface area contributed by atoms with Crippen molar-refractivity contribution in [3.05, 3.63) is 29.8 Å². The molecule has 128 valence electrons. The van der Waals surface area contributed by atoms with E-state index in [2.05, 4.69) is 41.0 Å². The SMILES string of the molecule is C[C@@H](Sc1nc(N)nc(N)n1)C(=O)Nc1ccc(C(C)(C)C)cc1. The zero-order valence-corrected chi connectivity index (χ0v) is 15.0. The highest BCUT2D eigenvalue weighted by molar-refractivity contribution is 8.00. The van der Waals surface area contributed by atoms with Crippen molar-refractivity contribution in [2.45, 2.75) is 43.5 Å². The summed E-state index contributed by atoms with van der Waals surface area (Å²) in [5, 5.41) is 2.79. The van der Waals surface area contributed by atoms with Gasteiger partial charge in [-0.1, -0.05) is 44.7 Å². The van der Waals surface area contributed by atoms with Gasteiger partial charge in [-0.3, -0.25) is 4.79 Å². The Labute approximate surface area is 145 Å². The van der Waals surface area contributed by atoms with E-state index in [1.165, 1.54) is 17.3 Å². The number of aromatic nitrogens is 3. The molecule has 5 N–H and O–H groups in total. The summed E-state index contributed by atoms with van der Waals surface area (Å²) < 4.78 is 0. The molecule has 0 spiro atoms. The summed E-state index contributed by atoms with van der Waals surface area (Å²) in [7, 11) is 0. The lowest BCUT2D eigenvalue weighted by Crippen LogP contribution is -2.23. The van der Waals surface area contributed by atoms with Crippen LogP contribution in [0.2, 0.25) is 0 Å². The van der Waals surface area contributed by atoms with Crippen molar-refractivity contribution in [3.8, 4) is 0 Å². The van der Waals surface area contributed by atoms with E-state index >= 15 is 0 Å². The summed E-state index contributed by atoms with van der Waals surface area (Å²) in [4.78, 5) is 23.9. The molecule has 0 aliphatic rings. The smallest absolute Gasteiger partial charge is 0.237 e. The van der Waals surface area contributed by atoms with Crippen molar-refractivity contribution in [2.75, 3.05) is 16.8 Å². The zero-order chi connectivity index (χ0) is 17.9. The first-order chi connectivity index (χ1) is 11.1. The summed E-state index contributed by atoms with van der Waals surface area (Å²) in [6.45, 7) is 8.20. The van der Waals surface area contributed by atoms with Crippen LogP contribution in [0.15, 0.2) is 29.4 Å². The molecule has 1 atom stereocenters. The van der Waals surface area contributed by atoms with Crippen LogP contribution in [0.1, 0.15) is 33.3 Å². The number of nitrogens with two attached hydrogens (primary N) is 2. The number of anilines is 3. The molecule has 0 aliphatic carbocycles. The highest BCUT2D eigenvalue weighted by Gasteiger charge is 2.18. The van der Waals surface area contributed by atoms with Gasteiger partial charge in [0.1, 0.15) is 0 Å². The average molecular weight is 346 g/mol. The van der Waals surface area contributed by atoms with Gasteiger partial charge in [0.2, 0.25) is 17.8 Å². The van der Waals surface area contributed by atoms with Crippen LogP contribution in [0, 0.1) is 0 Å². The third kappa shape index (κ3) is 4.82. The van der Waals surface area contributed by atoms with Gasteiger partial charge in [0.15, 0.2) is 5.16 Å². The maximum Gasteiger partial charge on any atom is 0.237 e. The second-order valence-corrected chi connectivity index (χ2v) is 7.72. The lowest BCUT2D eigenvalue weighted by molar-refractivity contribution is -0.115. The Morgan fingerprint density at radius 2 is 1.62 bits per heavy atom. The standard InChI is InChI=1S/C16H22N6OS/c1-9(24-15-21-13(17)20-14(18)22-15)12(23)19-11-7-5-10(6-8-11)16(2,3)4/h5-9H,1-4H3,(H,19,23)(H4,17,18,20,21,22)/t9-/m1/s1. The van der Waals surface area contributed by atoms with Gasteiger partial charge >= 0.3 is 0 Å². The number of carbonyl (C=O) groups excluding carboxylic acids is 1. The summed E-state index contributed by atoms with van der Waals surface area (Å²) in [5.41, 5.74) is 13.1. The van der Waals surface area contributed by atoms with E-state index in [0.29, 0.717) is 5.16 Å². The number of thioether (sulfide) groups is 1. The van der Waals surface area contributed by atoms with Crippen molar-refractivity contribution < 1.29 is 4.79 Å². The summed E-state index contributed by atoms with van der Waals surface area (Å²) in [6.07, 6.45) is 0. The molecule has 7 nitrogen and oxygen atoms in total. The Hall–Kier alpha value is -2.35. The van der Waals surface area contributed by atoms with Gasteiger partial charge in [-0.05, 0) is 30.0 Å². The minimum absolute atomic E-state index is 0.0374. The van der Waals surface area contributed by atoms with Crippen molar-refractivity contribution in [1.82, 2.24) is 15.0 Å². The van der Waals surface area contributed by atoms with Crippen molar-refractivity contribution in [2.24, 2.45) is 0 Å². The van der Waals surface area contributed by atoms with Gasteiger partial charge < -0.3 is 16.8 Å². The molecule has 0 fully saturated rings. The quantitative estimate of drug-likeness (QED) is 0.727. The van der Waals surface area contributed by atoms with Crippen LogP contribution in [0.3, 0.4) is 0 Å². The first-order valence-corrected chi connectivity index (χ1v) is 8.38. The van der Waals surface area contributed by atoms with Crippen molar-refractivity contribution in [1.29, 1.82) is 0 Å². The summed E-state index contributed by atoms with van der Waals surface area (Å²) >= 11 is 1.17. The molecule has 1 aromatic heterocycles. The Morgan fingerprint density at radius 1 is 1.08 bits per heavy atom. The molecule has 0 radical (unpaired) electrons. The molecule has 0 saturated carbocycles. The Morgan fingerprint density at radius 3 is 2.12 bits per heavy atom. The van der Waals surface area contributed by atoms with Gasteiger partial charge in [0.25, 0.3) is 0 Å². The van der Waals surface area contributed by atoms with Crippen LogP contribution < -0.4 is 16.8 Å². The Balaban J connectivity index is 2.01. The molecular weight excluding hydrogens is 324 g/mol. The Bertz CT molecular complexity index is 706. The van der Waals surface area contributed by atoms with E-state index in [1.54, 1.807) is 6.92 Å². The van der Waals surface area contributed by atoms with E-state index in [9.17, 15) is 4.79 Å². The van der Waals surface area contributed by atoms with Gasteiger partial charge in [0.05, 0.1) is 5.25 Å². The molecule has 8 heteroatoms. The average Bonchev–Trinajstić information content (AvgIpc) is 2.45. The first-order valence-electron chi connectivity index (χ1n) is 7.50. The lowest BCUT2D eigenvalue weighted by Gasteiger charge is -2.19. The number of nitrogens with zero attached hydrogens (tertiary/aromatic N) is 3. The zero-order valence-electron chi connectivity index (χ0n) is 14.2. The van der Waals surface area contributed by atoms with Gasteiger partial charge in [-0.25, -0.2) is 0 Å². The molecule has 0 bridgehead atoms. The first kappa shape index (κ1) is 18.0. The maximum atomic E-state index is 12.3. The largest absolute Gasteiger partial charge is 0.368 e. The van der Waals surface area contributed by atoms with Crippen LogP contribution in [0.5, 0.6) is 0 Å². The molecule has 1 aromatic carbocycles. The second-order valence-electron chi connectivity index (χ2n) is 6.41. The molecule has 2 aromatic rings. The van der Waals surface area contributed by atoms with Crippen LogP contribution in [0.4, 0.5) is 17.6 Å². The lowest BCUT2D eigenvalue weighted by atomic mass is 9.87. The number of benzene rings is 1. The Kier molecular flexibility index (Phi) is 5.28. The molecule has 1 amide bonds. The number of hydrogen-bond donors (Lipinski definition) is 3. The van der Waals surface area contributed by atoms with Gasteiger partial charge in [0, 0.05) is 5.69 Å². The molecule has 2 rings (SSSR count). The van der Waals surface area contributed by atoms with E-state index in [1.807, 2.05) is 24.3 Å². The van der Waals surface area contributed by atoms with E-state index in [-0.39, 0.29) is 23.2 Å². The predicted octanol–water partition coefficient (Wildman–Crippen LogP) is 2.45. The number of hydrogen-bond acceptors (Lipinski definition) is 7. The van der Waals surface area contributed by atoms with Gasteiger partial charge in [-0.2, -0.15) is 15.0 Å². The van der Waals surface area contributed by atoms with E-state index in [0.717, 1.165) is 5.69 Å². The molecule has 24 heavy (non-hydrogen) atoms. The minimum Gasteiger partial charge on any atom is -0.368 e. The number of rotatable bonds is 4. The summed E-state index contributed by atoms with van der Waals surface area (Å²) in [6, 6.07) is 7.82. The fourth-order valence-corrected chi connectivity index (χ4v) is 2.72. The molecule has 0 aliphatic heterocycles. The highest BCUT2D eigenvalue weighted by Crippen LogP contribution is 2.25. The van der Waals surface area contributed by atoms with E-state index < -0.39 is 5.25 Å². The van der Waals surface area contributed by atoms with Crippen molar-refractivity contribution in [3.63, 3.8) is 0 Å². The number of nitrogen functional groups attached to an aromatic ring is 2. The normalized spacial score (nSPS) is 12.7. The fourth-order valence-electron chi connectivity index (χ4n) is 1.95. The summed E-state index contributed by atoms with van der Waals surface area (Å²) in [5.74, 6) is -0.0770. The predicted molar refractivity (Wildman–Crippen MR) is 97.7 cm³/mol. The number of carbonyl (C=O) groups is 1. The van der Waals surface area contributed by atoms with Crippen LogP contribution >= 0.6 is 11.8 Å². The van der Waals surface area contributed by atoms with Gasteiger partial charge in [-0.15, -0.1) is 0 Å². The number of amides is 1. The van der Waals surface area contributed by atoms with Crippen molar-refractivity contribution >= 4 is 35.3 Å². The topological polar surface area (TPSA) is 120 Å². The molecular formula is C16H22N6OS. The van der Waals surface area contributed by atoms with Crippen LogP contribution in [-0.4, -0.2) is 26.1 Å².